The van der Waals surface area contributed by atoms with Gasteiger partial charge in [0.2, 0.25) is 10.0 Å². The van der Waals surface area contributed by atoms with Crippen LogP contribution in [0.3, 0.4) is 0 Å². The zero-order chi connectivity index (χ0) is 12.9. The summed E-state index contributed by atoms with van der Waals surface area (Å²) < 4.78 is 27.1. The molecule has 0 unspecified atom stereocenters. The molecule has 0 aliphatic heterocycles. The lowest BCUT2D eigenvalue weighted by Crippen LogP contribution is -2.48. The van der Waals surface area contributed by atoms with Crippen LogP contribution < -0.4 is 4.72 Å². The van der Waals surface area contributed by atoms with Gasteiger partial charge in [-0.25, -0.2) is 13.1 Å². The van der Waals surface area contributed by atoms with Crippen molar-refractivity contribution >= 4 is 26.0 Å². The molecule has 0 saturated heterocycles. The van der Waals surface area contributed by atoms with E-state index in [1.807, 2.05) is 13.8 Å². The summed E-state index contributed by atoms with van der Waals surface area (Å²) in [6.45, 7) is 3.94. The Morgan fingerprint density at radius 3 is 2.47 bits per heavy atom. The van der Waals surface area contributed by atoms with Gasteiger partial charge in [0.1, 0.15) is 4.90 Å². The zero-order valence-electron chi connectivity index (χ0n) is 9.98. The summed E-state index contributed by atoms with van der Waals surface area (Å²) >= 11 is 3.38. The lowest BCUT2D eigenvalue weighted by molar-refractivity contribution is 0.398. The third-order valence-corrected chi connectivity index (χ3v) is 5.54. The summed E-state index contributed by atoms with van der Waals surface area (Å²) in [6.07, 6.45) is 4.37. The van der Waals surface area contributed by atoms with Crippen LogP contribution in [0.5, 0.6) is 0 Å². The number of alkyl halides is 1. The van der Waals surface area contributed by atoms with E-state index in [1.165, 1.54) is 6.20 Å². The molecular weight excluding hydrogens is 304 g/mol. The standard InChI is InChI=1S/C11H17BrN2O2S/c1-3-11(4-2,9-12)14-17(15,16)10-6-5-7-13-8-10/h5-8,14H,3-4,9H2,1-2H3. The Bertz CT molecular complexity index is 436. The van der Waals surface area contributed by atoms with Crippen molar-refractivity contribution < 1.29 is 8.42 Å². The fourth-order valence-corrected chi connectivity index (χ4v) is 4.09. The average Bonchev–Trinajstić information content (AvgIpc) is 2.37. The molecule has 1 aromatic rings. The van der Waals surface area contributed by atoms with Crippen molar-refractivity contribution in [1.82, 2.24) is 9.71 Å². The van der Waals surface area contributed by atoms with E-state index in [2.05, 4.69) is 25.6 Å². The molecular formula is C11H17BrN2O2S. The van der Waals surface area contributed by atoms with Gasteiger partial charge in [0.05, 0.1) is 0 Å². The highest BCUT2D eigenvalue weighted by atomic mass is 79.9. The van der Waals surface area contributed by atoms with Gasteiger partial charge in [-0.05, 0) is 25.0 Å². The number of sulfonamides is 1. The Kier molecular flexibility index (Phi) is 5.09. The molecule has 4 nitrogen and oxygen atoms in total. The van der Waals surface area contributed by atoms with Crippen LogP contribution in [0, 0.1) is 0 Å². The first-order valence-electron chi connectivity index (χ1n) is 5.49. The molecule has 0 bridgehead atoms. The molecule has 0 aliphatic rings. The minimum Gasteiger partial charge on any atom is -0.263 e. The molecule has 0 aromatic carbocycles. The summed E-state index contributed by atoms with van der Waals surface area (Å²) in [4.78, 5) is 4.03. The van der Waals surface area contributed by atoms with Crippen molar-refractivity contribution in [2.24, 2.45) is 0 Å². The van der Waals surface area contributed by atoms with Gasteiger partial charge in [0, 0.05) is 23.3 Å². The van der Waals surface area contributed by atoms with E-state index in [1.54, 1.807) is 18.3 Å². The number of nitrogens with one attached hydrogen (secondary N) is 1. The Balaban J connectivity index is 3.01. The van der Waals surface area contributed by atoms with Crippen LogP contribution in [0.15, 0.2) is 29.4 Å². The zero-order valence-corrected chi connectivity index (χ0v) is 12.4. The van der Waals surface area contributed by atoms with Crippen molar-refractivity contribution in [3.05, 3.63) is 24.5 Å². The van der Waals surface area contributed by atoms with E-state index in [0.29, 0.717) is 5.33 Å². The van der Waals surface area contributed by atoms with Crippen LogP contribution in [0.1, 0.15) is 26.7 Å². The highest BCUT2D eigenvalue weighted by Crippen LogP contribution is 2.21. The largest absolute Gasteiger partial charge is 0.263 e. The molecule has 0 radical (unpaired) electrons. The number of halogens is 1. The second kappa shape index (κ2) is 5.93. The minimum atomic E-state index is -3.50. The summed E-state index contributed by atoms with van der Waals surface area (Å²) in [5, 5.41) is 0.590. The van der Waals surface area contributed by atoms with Crippen LogP contribution in [0.25, 0.3) is 0 Å². The molecule has 0 atom stereocenters. The number of hydrogen-bond acceptors (Lipinski definition) is 3. The lowest BCUT2D eigenvalue weighted by atomic mass is 9.97. The van der Waals surface area contributed by atoms with E-state index in [0.717, 1.165) is 12.8 Å². The first-order valence-corrected chi connectivity index (χ1v) is 8.10. The number of hydrogen-bond donors (Lipinski definition) is 1. The van der Waals surface area contributed by atoms with Gasteiger partial charge in [-0.1, -0.05) is 29.8 Å². The fourth-order valence-electron chi connectivity index (χ4n) is 1.46. The monoisotopic (exact) mass is 320 g/mol. The number of rotatable bonds is 6. The minimum absolute atomic E-state index is 0.201. The summed E-state index contributed by atoms with van der Waals surface area (Å²) in [5.41, 5.74) is -0.436. The SMILES string of the molecule is CCC(CC)(CBr)NS(=O)(=O)c1cccnc1. The van der Waals surface area contributed by atoms with Gasteiger partial charge in [0.25, 0.3) is 0 Å². The second-order valence-corrected chi connectivity index (χ2v) is 6.16. The van der Waals surface area contributed by atoms with Crippen LogP contribution in [0.4, 0.5) is 0 Å². The molecule has 1 heterocycles. The van der Waals surface area contributed by atoms with Crippen molar-refractivity contribution in [1.29, 1.82) is 0 Å². The Hall–Kier alpha value is -0.460. The van der Waals surface area contributed by atoms with Crippen molar-refractivity contribution in [3.63, 3.8) is 0 Å². The van der Waals surface area contributed by atoms with Gasteiger partial charge in [-0.15, -0.1) is 0 Å². The molecule has 1 N–H and O–H groups in total. The Morgan fingerprint density at radius 1 is 1.41 bits per heavy atom. The molecule has 1 aromatic heterocycles. The molecule has 0 fully saturated rings. The van der Waals surface area contributed by atoms with Gasteiger partial charge in [0.15, 0.2) is 0 Å². The van der Waals surface area contributed by atoms with E-state index >= 15 is 0 Å². The average molecular weight is 321 g/mol. The Labute approximate surface area is 111 Å². The van der Waals surface area contributed by atoms with Crippen molar-refractivity contribution in [2.75, 3.05) is 5.33 Å². The van der Waals surface area contributed by atoms with Crippen LogP contribution in [-0.4, -0.2) is 24.3 Å². The smallest absolute Gasteiger partial charge is 0.242 e. The Morgan fingerprint density at radius 2 is 2.06 bits per heavy atom. The molecule has 1 rings (SSSR count). The molecule has 17 heavy (non-hydrogen) atoms. The maximum Gasteiger partial charge on any atom is 0.242 e. The molecule has 0 saturated carbocycles. The highest BCUT2D eigenvalue weighted by molar-refractivity contribution is 9.09. The van der Waals surface area contributed by atoms with Crippen LogP contribution in [-0.2, 0) is 10.0 Å². The van der Waals surface area contributed by atoms with E-state index < -0.39 is 15.6 Å². The quantitative estimate of drug-likeness (QED) is 0.818. The number of nitrogens with zero attached hydrogens (tertiary/aromatic N) is 1. The first-order chi connectivity index (χ1) is 7.99. The van der Waals surface area contributed by atoms with Gasteiger partial charge < -0.3 is 0 Å². The van der Waals surface area contributed by atoms with E-state index in [9.17, 15) is 8.42 Å². The second-order valence-electron chi connectivity index (χ2n) is 3.92. The third-order valence-electron chi connectivity index (χ3n) is 2.90. The first kappa shape index (κ1) is 14.6. The predicted octanol–water partition coefficient (Wildman–Crippen LogP) is 2.31. The van der Waals surface area contributed by atoms with Gasteiger partial charge in [-0.2, -0.15) is 0 Å². The maximum absolute atomic E-state index is 12.2. The number of pyridine rings is 1. The van der Waals surface area contributed by atoms with Crippen LogP contribution in [0.2, 0.25) is 0 Å². The van der Waals surface area contributed by atoms with Crippen molar-refractivity contribution in [2.45, 2.75) is 37.1 Å². The highest BCUT2D eigenvalue weighted by Gasteiger charge is 2.31. The molecule has 96 valence electrons. The molecule has 6 heteroatoms. The fraction of sp³-hybridized carbons (Fsp3) is 0.545. The predicted molar refractivity (Wildman–Crippen MR) is 71.7 cm³/mol. The normalized spacial score (nSPS) is 12.6. The maximum atomic E-state index is 12.2. The van der Waals surface area contributed by atoms with Crippen molar-refractivity contribution in [3.8, 4) is 0 Å². The van der Waals surface area contributed by atoms with E-state index in [-0.39, 0.29) is 4.90 Å². The van der Waals surface area contributed by atoms with Gasteiger partial charge >= 0.3 is 0 Å². The topological polar surface area (TPSA) is 59.1 Å². The number of aromatic nitrogens is 1. The van der Waals surface area contributed by atoms with E-state index in [4.69, 9.17) is 0 Å². The molecule has 0 aliphatic carbocycles. The van der Waals surface area contributed by atoms with Gasteiger partial charge in [-0.3, -0.25) is 4.98 Å². The summed E-state index contributed by atoms with van der Waals surface area (Å²) in [7, 11) is -3.50. The van der Waals surface area contributed by atoms with Crippen LogP contribution >= 0.6 is 15.9 Å². The molecule has 0 spiro atoms. The molecule has 0 amide bonds. The summed E-state index contributed by atoms with van der Waals surface area (Å²) in [5.74, 6) is 0. The lowest BCUT2D eigenvalue weighted by Gasteiger charge is -2.30. The summed E-state index contributed by atoms with van der Waals surface area (Å²) in [6, 6.07) is 3.15. The third kappa shape index (κ3) is 3.50.